The number of aromatic hydroxyl groups is 1. The first-order valence-corrected chi connectivity index (χ1v) is 9.58. The third-order valence-corrected chi connectivity index (χ3v) is 4.75. The number of aromatic amines is 1. The van der Waals surface area contributed by atoms with Crippen LogP contribution in [-0.4, -0.2) is 31.5 Å². The maximum atomic E-state index is 11.5. The fourth-order valence-corrected chi connectivity index (χ4v) is 3.06. The highest BCUT2D eigenvalue weighted by molar-refractivity contribution is 5.97. The number of carbonyl (C=O) groups is 1. The lowest BCUT2D eigenvalue weighted by Crippen LogP contribution is -2.00. The third-order valence-electron chi connectivity index (χ3n) is 4.75. The van der Waals surface area contributed by atoms with Gasteiger partial charge in [-0.15, -0.1) is 10.2 Å². The molecular weight excluding hydrogens is 396 g/mol. The lowest BCUT2D eigenvalue weighted by Gasteiger charge is -2.13. The van der Waals surface area contributed by atoms with E-state index in [0.29, 0.717) is 35.2 Å². The van der Waals surface area contributed by atoms with Gasteiger partial charge in [-0.25, -0.2) is 0 Å². The predicted octanol–water partition coefficient (Wildman–Crippen LogP) is 4.45. The minimum Gasteiger partial charge on any atom is -0.507 e. The fraction of sp³-hybridized carbons (Fsp3) is 0.130. The molecule has 3 aromatic carbocycles. The number of H-pyrrole nitrogens is 1. The van der Waals surface area contributed by atoms with Crippen molar-refractivity contribution in [3.05, 3.63) is 77.4 Å². The number of carbonyl (C=O) groups excluding carboxylic acids is 1. The van der Waals surface area contributed by atoms with Gasteiger partial charge in [0.25, 0.3) is 0 Å². The average molecular weight is 416 g/mol. The van der Waals surface area contributed by atoms with Crippen molar-refractivity contribution in [2.24, 2.45) is 0 Å². The number of aromatic nitrogens is 4. The summed E-state index contributed by atoms with van der Waals surface area (Å²) in [6.45, 7) is 3.45. The number of Topliss-reactive ketones (excluding diaryl/α,β-unsaturated/α-hetero) is 1. The summed E-state index contributed by atoms with van der Waals surface area (Å²) in [5, 5.41) is 24.1. The highest BCUT2D eigenvalue weighted by Gasteiger charge is 2.13. The molecule has 31 heavy (non-hydrogen) atoms. The summed E-state index contributed by atoms with van der Waals surface area (Å²) in [5.74, 6) is 2.12. The Bertz CT molecular complexity index is 1200. The predicted molar refractivity (Wildman–Crippen MR) is 113 cm³/mol. The molecule has 2 N–H and O–H groups in total. The molecule has 8 heteroatoms. The van der Waals surface area contributed by atoms with Gasteiger partial charge in [0.2, 0.25) is 5.82 Å². The Morgan fingerprint density at radius 2 is 1.87 bits per heavy atom. The highest BCUT2D eigenvalue weighted by atomic mass is 16.5. The SMILES string of the molecule is CC(=O)c1ccc(OCc2ccc(Oc3cccc(-c4nn[nH]n4)c3)cc2)c(C)c1O. The van der Waals surface area contributed by atoms with Crippen LogP contribution in [0.4, 0.5) is 0 Å². The Morgan fingerprint density at radius 3 is 2.58 bits per heavy atom. The Kier molecular flexibility index (Phi) is 5.61. The lowest BCUT2D eigenvalue weighted by molar-refractivity contribution is 0.101. The van der Waals surface area contributed by atoms with Crippen LogP contribution in [0, 0.1) is 6.92 Å². The average Bonchev–Trinajstić information content (AvgIpc) is 3.31. The molecular formula is C23H20N4O4. The van der Waals surface area contributed by atoms with Gasteiger partial charge in [-0.3, -0.25) is 4.79 Å². The van der Waals surface area contributed by atoms with E-state index in [9.17, 15) is 9.90 Å². The number of benzene rings is 3. The summed E-state index contributed by atoms with van der Waals surface area (Å²) in [6, 6.07) is 18.2. The zero-order valence-electron chi connectivity index (χ0n) is 17.0. The summed E-state index contributed by atoms with van der Waals surface area (Å²) >= 11 is 0. The first-order chi connectivity index (χ1) is 15.0. The first kappa shape index (κ1) is 20.1. The van der Waals surface area contributed by atoms with Gasteiger partial charge in [0.15, 0.2) is 5.78 Å². The molecule has 0 spiro atoms. The van der Waals surface area contributed by atoms with Gasteiger partial charge < -0.3 is 14.6 Å². The smallest absolute Gasteiger partial charge is 0.204 e. The van der Waals surface area contributed by atoms with E-state index in [1.54, 1.807) is 19.1 Å². The van der Waals surface area contributed by atoms with Crippen molar-refractivity contribution < 1.29 is 19.4 Å². The van der Waals surface area contributed by atoms with E-state index >= 15 is 0 Å². The van der Waals surface area contributed by atoms with Gasteiger partial charge in [0, 0.05) is 11.1 Å². The van der Waals surface area contributed by atoms with E-state index in [1.807, 2.05) is 48.5 Å². The Morgan fingerprint density at radius 1 is 1.06 bits per heavy atom. The molecule has 0 bridgehead atoms. The van der Waals surface area contributed by atoms with Gasteiger partial charge in [-0.1, -0.05) is 24.3 Å². The normalized spacial score (nSPS) is 10.6. The summed E-state index contributed by atoms with van der Waals surface area (Å²) in [7, 11) is 0. The van der Waals surface area contributed by atoms with Crippen LogP contribution in [0.15, 0.2) is 60.7 Å². The van der Waals surface area contributed by atoms with Crippen LogP contribution in [-0.2, 0) is 6.61 Å². The van der Waals surface area contributed by atoms with Gasteiger partial charge >= 0.3 is 0 Å². The highest BCUT2D eigenvalue weighted by Crippen LogP contribution is 2.31. The summed E-state index contributed by atoms with van der Waals surface area (Å²) in [4.78, 5) is 11.5. The number of tetrazole rings is 1. The zero-order chi connectivity index (χ0) is 21.8. The minimum atomic E-state index is -0.189. The van der Waals surface area contributed by atoms with Crippen LogP contribution < -0.4 is 9.47 Å². The van der Waals surface area contributed by atoms with Crippen molar-refractivity contribution in [2.75, 3.05) is 0 Å². The van der Waals surface area contributed by atoms with Crippen molar-refractivity contribution in [1.82, 2.24) is 20.6 Å². The molecule has 1 aromatic heterocycles. The first-order valence-electron chi connectivity index (χ1n) is 9.58. The quantitative estimate of drug-likeness (QED) is 0.428. The van der Waals surface area contributed by atoms with Gasteiger partial charge in [-0.05, 0) is 61.0 Å². The Balaban J connectivity index is 1.41. The van der Waals surface area contributed by atoms with Crippen molar-refractivity contribution >= 4 is 5.78 Å². The molecule has 0 saturated heterocycles. The van der Waals surface area contributed by atoms with E-state index in [2.05, 4.69) is 20.6 Å². The van der Waals surface area contributed by atoms with E-state index in [4.69, 9.17) is 9.47 Å². The molecule has 0 fully saturated rings. The molecule has 0 amide bonds. The second kappa shape index (κ2) is 8.66. The monoisotopic (exact) mass is 416 g/mol. The number of ketones is 1. The number of nitrogens with zero attached hydrogens (tertiary/aromatic N) is 3. The molecule has 0 saturated carbocycles. The Labute approximate surface area is 178 Å². The van der Waals surface area contributed by atoms with E-state index in [1.165, 1.54) is 6.92 Å². The number of nitrogens with one attached hydrogen (secondary N) is 1. The molecule has 0 atom stereocenters. The number of ether oxygens (including phenoxy) is 2. The van der Waals surface area contributed by atoms with Gasteiger partial charge in [-0.2, -0.15) is 5.21 Å². The molecule has 4 aromatic rings. The number of hydrogen-bond donors (Lipinski definition) is 2. The number of rotatable bonds is 7. The Hall–Kier alpha value is -4.20. The van der Waals surface area contributed by atoms with Crippen molar-refractivity contribution in [3.63, 3.8) is 0 Å². The van der Waals surface area contributed by atoms with E-state index in [-0.39, 0.29) is 17.1 Å². The van der Waals surface area contributed by atoms with Crippen molar-refractivity contribution in [2.45, 2.75) is 20.5 Å². The molecule has 0 aliphatic rings. The second-order valence-corrected chi connectivity index (χ2v) is 6.94. The summed E-state index contributed by atoms with van der Waals surface area (Å²) < 4.78 is 11.7. The van der Waals surface area contributed by atoms with Crippen molar-refractivity contribution in [3.8, 4) is 34.4 Å². The number of hydrogen-bond acceptors (Lipinski definition) is 7. The second-order valence-electron chi connectivity index (χ2n) is 6.94. The number of phenolic OH excluding ortho intramolecular Hbond substituents is 1. The van der Waals surface area contributed by atoms with Gasteiger partial charge in [0.1, 0.15) is 29.6 Å². The molecule has 8 nitrogen and oxygen atoms in total. The van der Waals surface area contributed by atoms with E-state index < -0.39 is 0 Å². The molecule has 0 unspecified atom stereocenters. The standard InChI is InChI=1S/C23H20N4O4/c1-14-21(11-10-20(15(2)28)22(14)29)30-13-16-6-8-18(9-7-16)31-19-5-3-4-17(12-19)23-24-26-27-25-23/h3-12,29H,13H2,1-2H3,(H,24,25,26,27). The van der Waals surface area contributed by atoms with Crippen LogP contribution in [0.3, 0.4) is 0 Å². The molecule has 1 heterocycles. The molecule has 0 aliphatic carbocycles. The third kappa shape index (κ3) is 4.53. The van der Waals surface area contributed by atoms with Crippen LogP contribution in [0.2, 0.25) is 0 Å². The number of phenols is 1. The van der Waals surface area contributed by atoms with Crippen LogP contribution in [0.5, 0.6) is 23.0 Å². The summed E-state index contributed by atoms with van der Waals surface area (Å²) in [5.41, 5.74) is 2.55. The maximum Gasteiger partial charge on any atom is 0.204 e. The molecule has 4 rings (SSSR count). The fourth-order valence-electron chi connectivity index (χ4n) is 3.06. The molecule has 156 valence electrons. The van der Waals surface area contributed by atoms with E-state index in [0.717, 1.165) is 11.1 Å². The maximum absolute atomic E-state index is 11.5. The van der Waals surface area contributed by atoms with Crippen LogP contribution in [0.25, 0.3) is 11.4 Å². The molecule has 0 radical (unpaired) electrons. The topological polar surface area (TPSA) is 110 Å². The largest absolute Gasteiger partial charge is 0.507 e. The zero-order valence-corrected chi connectivity index (χ0v) is 17.0. The molecule has 0 aliphatic heterocycles. The minimum absolute atomic E-state index is 0.0446. The summed E-state index contributed by atoms with van der Waals surface area (Å²) in [6.07, 6.45) is 0. The lowest BCUT2D eigenvalue weighted by atomic mass is 10.1. The van der Waals surface area contributed by atoms with Crippen LogP contribution >= 0.6 is 0 Å². The van der Waals surface area contributed by atoms with Crippen molar-refractivity contribution in [1.29, 1.82) is 0 Å². The van der Waals surface area contributed by atoms with Gasteiger partial charge in [0.05, 0.1) is 5.56 Å². The van der Waals surface area contributed by atoms with Crippen LogP contribution in [0.1, 0.15) is 28.4 Å².